The van der Waals surface area contributed by atoms with Crippen LogP contribution in [0.3, 0.4) is 0 Å². The fraction of sp³-hybridized carbons (Fsp3) is 0.848. The molecule has 0 spiro atoms. The van der Waals surface area contributed by atoms with Crippen LogP contribution in [0.2, 0.25) is 0 Å². The van der Waals surface area contributed by atoms with Crippen LogP contribution in [0.25, 0.3) is 0 Å². The number of nitrogens with one attached hydrogen (secondary N) is 2. The molecule has 0 aromatic carbocycles. The van der Waals surface area contributed by atoms with E-state index >= 15 is 0 Å². The van der Waals surface area contributed by atoms with Gasteiger partial charge in [-0.25, -0.2) is 0 Å². The number of aliphatic hydroxyl groups excluding tert-OH is 1. The molecule has 0 unspecified atom stereocenters. The summed E-state index contributed by atoms with van der Waals surface area (Å²) in [5.41, 5.74) is 5.84. The van der Waals surface area contributed by atoms with E-state index in [1.165, 1.54) is 135 Å². The molecule has 0 bridgehead atoms. The van der Waals surface area contributed by atoms with Crippen LogP contribution < -0.4 is 16.4 Å². The van der Waals surface area contributed by atoms with Crippen LogP contribution in [0, 0.1) is 0 Å². The van der Waals surface area contributed by atoms with Crippen LogP contribution in [0.5, 0.6) is 0 Å². The zero-order valence-corrected chi connectivity index (χ0v) is 35.5. The zero-order chi connectivity index (χ0) is 39.6. The molecule has 1 atom stereocenters. The first-order chi connectivity index (χ1) is 26.5. The first-order valence-electron chi connectivity index (χ1n) is 22.9. The van der Waals surface area contributed by atoms with Crippen LogP contribution >= 0.6 is 0 Å². The lowest BCUT2D eigenvalue weighted by atomic mass is 10.1. The number of carbonyl (C=O) groups excluding carboxylic acids is 3. The van der Waals surface area contributed by atoms with Crippen LogP contribution in [0.15, 0.2) is 24.3 Å². The third-order valence-corrected chi connectivity index (χ3v) is 10.3. The predicted molar refractivity (Wildman–Crippen MR) is 230 cm³/mol. The second-order valence-corrected chi connectivity index (χ2v) is 15.5. The summed E-state index contributed by atoms with van der Waals surface area (Å²) in [5, 5.41) is 15.4. The Labute approximate surface area is 333 Å². The Kier molecular flexibility index (Phi) is 40.3. The van der Waals surface area contributed by atoms with Gasteiger partial charge in [0.2, 0.25) is 17.7 Å². The van der Waals surface area contributed by atoms with E-state index in [0.29, 0.717) is 45.4 Å². The van der Waals surface area contributed by atoms with Gasteiger partial charge in [0, 0.05) is 39.0 Å². The lowest BCUT2D eigenvalue weighted by Gasteiger charge is -2.25. The van der Waals surface area contributed by atoms with Gasteiger partial charge >= 0.3 is 0 Å². The van der Waals surface area contributed by atoms with E-state index in [4.69, 9.17) is 5.73 Å². The van der Waals surface area contributed by atoms with Crippen molar-refractivity contribution in [2.24, 2.45) is 5.73 Å². The highest BCUT2D eigenvalue weighted by Gasteiger charge is 2.19. The molecule has 8 heteroatoms. The minimum atomic E-state index is -0.938. The Morgan fingerprint density at radius 1 is 0.500 bits per heavy atom. The number of nitrogens with zero attached hydrogens (tertiary/aromatic N) is 1. The van der Waals surface area contributed by atoms with Gasteiger partial charge in [0.05, 0.1) is 6.61 Å². The number of carbonyl (C=O) groups is 3. The van der Waals surface area contributed by atoms with Crippen molar-refractivity contribution in [3.63, 3.8) is 0 Å². The average molecular weight is 761 g/mol. The number of nitrogens with two attached hydrogens (primary N) is 1. The minimum absolute atomic E-state index is 0.0649. The van der Waals surface area contributed by atoms with Gasteiger partial charge in [-0.3, -0.25) is 14.4 Å². The van der Waals surface area contributed by atoms with E-state index in [-0.39, 0.29) is 17.7 Å². The summed E-state index contributed by atoms with van der Waals surface area (Å²) in [6.07, 6.45) is 44.9. The van der Waals surface area contributed by atoms with E-state index < -0.39 is 12.6 Å². The SMILES string of the molecule is CCCCCCCC/C=C\CCCCCCCC(=O)NCCCCN(CCCNC(=O)CCCCCCC/C=C\CCCCCCCC)C(=O)[C@@H](N)CO. The van der Waals surface area contributed by atoms with Gasteiger partial charge in [0.1, 0.15) is 6.04 Å². The fourth-order valence-corrected chi connectivity index (χ4v) is 6.69. The molecule has 0 aliphatic carbocycles. The highest BCUT2D eigenvalue weighted by molar-refractivity contribution is 5.81. The van der Waals surface area contributed by atoms with E-state index in [2.05, 4.69) is 48.8 Å². The van der Waals surface area contributed by atoms with E-state index in [9.17, 15) is 19.5 Å². The third kappa shape index (κ3) is 36.8. The third-order valence-electron chi connectivity index (χ3n) is 10.3. The summed E-state index contributed by atoms with van der Waals surface area (Å²) in [6.45, 7) is 6.21. The number of allylic oxidation sites excluding steroid dienone is 4. The van der Waals surface area contributed by atoms with Crippen LogP contribution in [0.1, 0.15) is 213 Å². The monoisotopic (exact) mass is 761 g/mol. The molecule has 54 heavy (non-hydrogen) atoms. The Hall–Kier alpha value is -2.19. The summed E-state index contributed by atoms with van der Waals surface area (Å²) in [4.78, 5) is 39.0. The van der Waals surface area contributed by atoms with Gasteiger partial charge in [-0.1, -0.05) is 141 Å². The van der Waals surface area contributed by atoms with E-state index in [1.54, 1.807) is 4.90 Å². The molecule has 0 fully saturated rings. The molecule has 0 radical (unpaired) electrons. The lowest BCUT2D eigenvalue weighted by molar-refractivity contribution is -0.133. The van der Waals surface area contributed by atoms with Crippen molar-refractivity contribution < 1.29 is 19.5 Å². The smallest absolute Gasteiger partial charge is 0.241 e. The standard InChI is InChI=1S/C46H88N4O4/c1-3-5-7-9-11-13-15-17-19-21-23-25-27-29-31-36-44(52)48-38-33-34-40-50(46(54)43(47)42-51)41-35-39-49-45(53)37-32-30-28-26-24-22-20-18-16-14-12-10-8-6-4-2/h17-20,43,51H,3-16,21-42,47H2,1-2H3,(H,48,52)(H,49,53)/b19-17-,20-18-/t43-/m0/s1. The van der Waals surface area contributed by atoms with Crippen molar-refractivity contribution in [2.45, 2.75) is 219 Å². The molecule has 8 nitrogen and oxygen atoms in total. The fourth-order valence-electron chi connectivity index (χ4n) is 6.69. The Morgan fingerprint density at radius 3 is 1.26 bits per heavy atom. The number of aliphatic hydroxyl groups is 1. The van der Waals surface area contributed by atoms with Crippen molar-refractivity contribution in [1.29, 1.82) is 0 Å². The second-order valence-electron chi connectivity index (χ2n) is 15.5. The first kappa shape index (κ1) is 51.8. The number of amides is 3. The number of unbranched alkanes of at least 4 members (excludes halogenated alkanes) is 23. The molecule has 316 valence electrons. The van der Waals surface area contributed by atoms with Crippen LogP contribution in [-0.2, 0) is 14.4 Å². The summed E-state index contributed by atoms with van der Waals surface area (Å²) in [6, 6.07) is -0.938. The molecule has 0 aliphatic heterocycles. The van der Waals surface area contributed by atoms with Crippen molar-refractivity contribution in [3.8, 4) is 0 Å². The predicted octanol–water partition coefficient (Wildman–Crippen LogP) is 10.6. The number of rotatable bonds is 41. The highest BCUT2D eigenvalue weighted by Crippen LogP contribution is 2.12. The quantitative estimate of drug-likeness (QED) is 0.0365. The van der Waals surface area contributed by atoms with Crippen molar-refractivity contribution in [3.05, 3.63) is 24.3 Å². The molecule has 0 heterocycles. The molecule has 0 saturated heterocycles. The maximum atomic E-state index is 12.7. The molecular formula is C46H88N4O4. The average Bonchev–Trinajstić information content (AvgIpc) is 3.17. The maximum Gasteiger partial charge on any atom is 0.241 e. The molecule has 0 aromatic heterocycles. The Bertz CT molecular complexity index is 909. The number of hydrogen-bond acceptors (Lipinski definition) is 5. The first-order valence-corrected chi connectivity index (χ1v) is 22.9. The Balaban J connectivity index is 3.87. The molecule has 3 amide bonds. The summed E-state index contributed by atoms with van der Waals surface area (Å²) in [5.74, 6) is -0.110. The van der Waals surface area contributed by atoms with Gasteiger partial charge in [-0.05, 0) is 83.5 Å². The molecule has 0 aromatic rings. The molecular weight excluding hydrogens is 673 g/mol. The Morgan fingerprint density at radius 2 is 0.852 bits per heavy atom. The number of hydrogen-bond donors (Lipinski definition) is 4. The van der Waals surface area contributed by atoms with Gasteiger partial charge in [0.15, 0.2) is 0 Å². The molecule has 0 aliphatic rings. The lowest BCUT2D eigenvalue weighted by Crippen LogP contribution is -2.47. The van der Waals surface area contributed by atoms with Crippen molar-refractivity contribution in [2.75, 3.05) is 32.8 Å². The minimum Gasteiger partial charge on any atom is -0.394 e. The summed E-state index contributed by atoms with van der Waals surface area (Å²) < 4.78 is 0. The molecule has 5 N–H and O–H groups in total. The van der Waals surface area contributed by atoms with Gasteiger partial charge in [-0.15, -0.1) is 0 Å². The van der Waals surface area contributed by atoms with Gasteiger partial charge in [0.25, 0.3) is 0 Å². The topological polar surface area (TPSA) is 125 Å². The van der Waals surface area contributed by atoms with E-state index in [0.717, 1.165) is 44.9 Å². The summed E-state index contributed by atoms with van der Waals surface area (Å²) >= 11 is 0. The largest absolute Gasteiger partial charge is 0.394 e. The normalized spacial score (nSPS) is 12.1. The van der Waals surface area contributed by atoms with Crippen LogP contribution in [0.4, 0.5) is 0 Å². The summed E-state index contributed by atoms with van der Waals surface area (Å²) in [7, 11) is 0. The highest BCUT2D eigenvalue weighted by atomic mass is 16.3. The maximum absolute atomic E-state index is 12.7. The van der Waals surface area contributed by atoms with Crippen LogP contribution in [-0.4, -0.2) is 66.6 Å². The zero-order valence-electron chi connectivity index (χ0n) is 35.5. The van der Waals surface area contributed by atoms with Gasteiger partial charge in [-0.2, -0.15) is 0 Å². The van der Waals surface area contributed by atoms with Gasteiger partial charge < -0.3 is 26.4 Å². The van der Waals surface area contributed by atoms with Crippen molar-refractivity contribution in [1.82, 2.24) is 15.5 Å². The van der Waals surface area contributed by atoms with Crippen molar-refractivity contribution >= 4 is 17.7 Å². The molecule has 0 saturated carbocycles. The molecule has 0 rings (SSSR count). The van der Waals surface area contributed by atoms with E-state index in [1.807, 2.05) is 0 Å². The second kappa shape index (κ2) is 42.0.